The van der Waals surface area contributed by atoms with E-state index in [4.69, 9.17) is 5.73 Å². The van der Waals surface area contributed by atoms with Gasteiger partial charge in [-0.05, 0) is 29.9 Å². The SMILES string of the molecule is CC(C)C(N)c1ccn(CCC2CCCCC2)c1. The van der Waals surface area contributed by atoms with Crippen LogP contribution in [0.1, 0.15) is 64.0 Å². The van der Waals surface area contributed by atoms with E-state index in [0.29, 0.717) is 5.92 Å². The Morgan fingerprint density at radius 2 is 2.00 bits per heavy atom. The molecule has 0 radical (unpaired) electrons. The molecular weight excluding hydrogens is 220 g/mol. The Hall–Kier alpha value is -0.760. The zero-order valence-electron chi connectivity index (χ0n) is 11.9. The Kier molecular flexibility index (Phi) is 4.87. The molecule has 1 aromatic rings. The maximum Gasteiger partial charge on any atom is 0.0333 e. The summed E-state index contributed by atoms with van der Waals surface area (Å²) in [6, 6.07) is 2.37. The van der Waals surface area contributed by atoms with Crippen molar-refractivity contribution in [2.75, 3.05) is 0 Å². The van der Waals surface area contributed by atoms with Gasteiger partial charge < -0.3 is 10.3 Å². The summed E-state index contributed by atoms with van der Waals surface area (Å²) in [5.41, 5.74) is 7.46. The van der Waals surface area contributed by atoms with Crippen LogP contribution in [0.4, 0.5) is 0 Å². The van der Waals surface area contributed by atoms with Gasteiger partial charge in [-0.15, -0.1) is 0 Å². The Labute approximate surface area is 112 Å². The minimum atomic E-state index is 0.181. The second-order valence-corrected chi connectivity index (χ2v) is 6.25. The van der Waals surface area contributed by atoms with Crippen molar-refractivity contribution >= 4 is 0 Å². The van der Waals surface area contributed by atoms with Crippen LogP contribution < -0.4 is 5.73 Å². The fraction of sp³-hybridized carbons (Fsp3) is 0.750. The average molecular weight is 248 g/mol. The minimum absolute atomic E-state index is 0.181. The summed E-state index contributed by atoms with van der Waals surface area (Å²) in [5, 5.41) is 0. The summed E-state index contributed by atoms with van der Waals surface area (Å²) in [6.07, 6.45) is 13.0. The first-order chi connectivity index (χ1) is 8.66. The van der Waals surface area contributed by atoms with Gasteiger partial charge in [0.05, 0.1) is 0 Å². The van der Waals surface area contributed by atoms with Gasteiger partial charge in [0.2, 0.25) is 0 Å². The highest BCUT2D eigenvalue weighted by Crippen LogP contribution is 2.27. The number of aromatic nitrogens is 1. The van der Waals surface area contributed by atoms with Crippen molar-refractivity contribution in [3.8, 4) is 0 Å². The summed E-state index contributed by atoms with van der Waals surface area (Å²) in [7, 11) is 0. The van der Waals surface area contributed by atoms with Crippen LogP contribution >= 0.6 is 0 Å². The molecule has 1 unspecified atom stereocenters. The van der Waals surface area contributed by atoms with Crippen molar-refractivity contribution in [1.82, 2.24) is 4.57 Å². The van der Waals surface area contributed by atoms with E-state index in [1.165, 1.54) is 44.1 Å². The molecule has 0 amide bonds. The number of hydrogen-bond donors (Lipinski definition) is 1. The van der Waals surface area contributed by atoms with Crippen molar-refractivity contribution in [2.24, 2.45) is 17.6 Å². The van der Waals surface area contributed by atoms with E-state index in [9.17, 15) is 0 Å². The first-order valence-corrected chi connectivity index (χ1v) is 7.58. The minimum Gasteiger partial charge on any atom is -0.354 e. The molecule has 1 aliphatic carbocycles. The molecule has 1 fully saturated rings. The van der Waals surface area contributed by atoms with Crippen LogP contribution in [-0.4, -0.2) is 4.57 Å². The third-order valence-electron chi connectivity index (χ3n) is 4.40. The third-order valence-corrected chi connectivity index (χ3v) is 4.40. The second-order valence-electron chi connectivity index (χ2n) is 6.25. The summed E-state index contributed by atoms with van der Waals surface area (Å²) in [4.78, 5) is 0. The highest BCUT2D eigenvalue weighted by atomic mass is 14.9. The summed E-state index contributed by atoms with van der Waals surface area (Å²) >= 11 is 0. The first-order valence-electron chi connectivity index (χ1n) is 7.58. The van der Waals surface area contributed by atoms with Crippen LogP contribution in [0.25, 0.3) is 0 Å². The molecular formula is C16H28N2. The van der Waals surface area contributed by atoms with Crippen LogP contribution in [0, 0.1) is 11.8 Å². The van der Waals surface area contributed by atoms with Gasteiger partial charge >= 0.3 is 0 Å². The van der Waals surface area contributed by atoms with Crippen molar-refractivity contribution in [3.05, 3.63) is 24.0 Å². The summed E-state index contributed by atoms with van der Waals surface area (Å²) in [6.45, 7) is 5.53. The normalized spacial score (nSPS) is 19.3. The first kappa shape index (κ1) is 13.7. The lowest BCUT2D eigenvalue weighted by molar-refractivity contribution is 0.324. The molecule has 0 aromatic carbocycles. The number of aryl methyl sites for hydroxylation is 1. The van der Waals surface area contributed by atoms with E-state index in [-0.39, 0.29) is 6.04 Å². The Morgan fingerprint density at radius 3 is 2.67 bits per heavy atom. The number of nitrogens with zero attached hydrogens (tertiary/aromatic N) is 1. The van der Waals surface area contributed by atoms with Gasteiger partial charge in [-0.3, -0.25) is 0 Å². The molecule has 0 bridgehead atoms. The zero-order chi connectivity index (χ0) is 13.0. The van der Waals surface area contributed by atoms with E-state index >= 15 is 0 Å². The van der Waals surface area contributed by atoms with Gasteiger partial charge in [0.25, 0.3) is 0 Å². The Morgan fingerprint density at radius 1 is 1.28 bits per heavy atom. The predicted octanol–water partition coefficient (Wildman–Crippen LogP) is 4.11. The summed E-state index contributed by atoms with van der Waals surface area (Å²) < 4.78 is 2.33. The highest BCUT2D eigenvalue weighted by Gasteiger charge is 2.14. The lowest BCUT2D eigenvalue weighted by Crippen LogP contribution is -2.16. The molecule has 1 aliphatic rings. The predicted molar refractivity (Wildman–Crippen MR) is 77.4 cm³/mol. The molecule has 2 nitrogen and oxygen atoms in total. The molecule has 1 heterocycles. The molecule has 0 spiro atoms. The van der Waals surface area contributed by atoms with Gasteiger partial charge in [0, 0.05) is 25.0 Å². The molecule has 0 aliphatic heterocycles. The lowest BCUT2D eigenvalue weighted by atomic mass is 9.87. The van der Waals surface area contributed by atoms with E-state index < -0.39 is 0 Å². The molecule has 2 rings (SSSR count). The van der Waals surface area contributed by atoms with Crippen LogP contribution in [0.2, 0.25) is 0 Å². The standard InChI is InChI=1S/C16H28N2/c1-13(2)16(17)15-9-11-18(12-15)10-8-14-6-4-3-5-7-14/h9,11-14,16H,3-8,10,17H2,1-2H3. The Bertz CT molecular complexity index is 348. The molecule has 1 aromatic heterocycles. The van der Waals surface area contributed by atoms with E-state index in [2.05, 4.69) is 36.9 Å². The summed E-state index contributed by atoms with van der Waals surface area (Å²) in [5.74, 6) is 1.47. The van der Waals surface area contributed by atoms with Crippen molar-refractivity contribution in [3.63, 3.8) is 0 Å². The van der Waals surface area contributed by atoms with Gasteiger partial charge in [-0.1, -0.05) is 46.0 Å². The van der Waals surface area contributed by atoms with Crippen molar-refractivity contribution in [2.45, 2.75) is 65.0 Å². The zero-order valence-corrected chi connectivity index (χ0v) is 11.9. The van der Waals surface area contributed by atoms with E-state index in [1.54, 1.807) is 0 Å². The number of nitrogens with two attached hydrogens (primary N) is 1. The van der Waals surface area contributed by atoms with Gasteiger partial charge in [0.15, 0.2) is 0 Å². The molecule has 102 valence electrons. The average Bonchev–Trinajstić information content (AvgIpc) is 2.85. The number of rotatable bonds is 5. The van der Waals surface area contributed by atoms with E-state index in [0.717, 1.165) is 12.5 Å². The molecule has 2 N–H and O–H groups in total. The third kappa shape index (κ3) is 3.61. The van der Waals surface area contributed by atoms with Crippen molar-refractivity contribution in [1.29, 1.82) is 0 Å². The van der Waals surface area contributed by atoms with E-state index in [1.807, 2.05) is 0 Å². The molecule has 18 heavy (non-hydrogen) atoms. The second kappa shape index (κ2) is 6.42. The van der Waals surface area contributed by atoms with Crippen molar-refractivity contribution < 1.29 is 0 Å². The molecule has 0 saturated heterocycles. The molecule has 2 heteroatoms. The largest absolute Gasteiger partial charge is 0.354 e. The molecule has 1 saturated carbocycles. The Balaban J connectivity index is 1.82. The smallest absolute Gasteiger partial charge is 0.0333 e. The maximum atomic E-state index is 6.18. The lowest BCUT2D eigenvalue weighted by Gasteiger charge is -2.21. The quantitative estimate of drug-likeness (QED) is 0.835. The molecule has 1 atom stereocenters. The fourth-order valence-corrected chi connectivity index (χ4v) is 2.99. The van der Waals surface area contributed by atoms with Gasteiger partial charge in [-0.2, -0.15) is 0 Å². The van der Waals surface area contributed by atoms with Crippen LogP contribution in [0.15, 0.2) is 18.5 Å². The van der Waals surface area contributed by atoms with Gasteiger partial charge in [-0.25, -0.2) is 0 Å². The fourth-order valence-electron chi connectivity index (χ4n) is 2.99. The van der Waals surface area contributed by atoms with Crippen LogP contribution in [-0.2, 0) is 6.54 Å². The maximum absolute atomic E-state index is 6.18. The topological polar surface area (TPSA) is 30.9 Å². The number of hydrogen-bond acceptors (Lipinski definition) is 1. The van der Waals surface area contributed by atoms with Crippen LogP contribution in [0.5, 0.6) is 0 Å². The highest BCUT2D eigenvalue weighted by molar-refractivity contribution is 5.15. The monoisotopic (exact) mass is 248 g/mol. The van der Waals surface area contributed by atoms with Gasteiger partial charge in [0.1, 0.15) is 0 Å². The van der Waals surface area contributed by atoms with Crippen LogP contribution in [0.3, 0.4) is 0 Å².